The summed E-state index contributed by atoms with van der Waals surface area (Å²) in [6, 6.07) is 22.4. The molecule has 0 bridgehead atoms. The Morgan fingerprint density at radius 3 is 1.40 bits per heavy atom. The first-order valence-corrected chi connectivity index (χ1v) is 33.1. The number of nitrogens with one attached hydrogen (secondary N) is 10. The van der Waals surface area contributed by atoms with E-state index in [1.165, 1.54) is 62.4 Å². The summed E-state index contributed by atoms with van der Waals surface area (Å²) >= 11 is 0. The molecule has 102 heavy (non-hydrogen) atoms. The number of ketones is 1. The van der Waals surface area contributed by atoms with Crippen molar-refractivity contribution in [2.75, 3.05) is 26.3 Å². The van der Waals surface area contributed by atoms with E-state index < -0.39 is 145 Å². The number of hydrogen-bond acceptors (Lipinski definition) is 16. The van der Waals surface area contributed by atoms with Crippen LogP contribution in [0.4, 0.5) is 4.79 Å². The number of carboxylic acid groups (broad SMARTS) is 3. The van der Waals surface area contributed by atoms with Crippen LogP contribution < -0.4 is 68.8 Å². The van der Waals surface area contributed by atoms with E-state index in [1.807, 2.05) is 42.5 Å². The highest BCUT2D eigenvalue weighted by molar-refractivity contribution is 5.99. The fraction of sp³-hybridized carbons (Fsp3) is 0.375. The quantitative estimate of drug-likeness (QED) is 0.0244. The van der Waals surface area contributed by atoms with E-state index in [2.05, 4.69) is 52.8 Å². The van der Waals surface area contributed by atoms with Crippen molar-refractivity contribution < 1.29 is 87.1 Å². The first kappa shape index (κ1) is 79.3. The van der Waals surface area contributed by atoms with E-state index in [4.69, 9.17) is 26.0 Å². The maximum atomic E-state index is 15.1. The molecule has 30 heteroatoms. The number of benzene rings is 5. The second kappa shape index (κ2) is 39.8. The summed E-state index contributed by atoms with van der Waals surface area (Å²) in [5.41, 5.74) is 15.2. The van der Waals surface area contributed by atoms with Crippen molar-refractivity contribution >= 4 is 87.9 Å². The fourth-order valence-electron chi connectivity index (χ4n) is 10.8. The molecular weight excluding hydrogens is 1320 g/mol. The normalized spacial score (nSPS) is 13.4. The molecule has 0 unspecified atom stereocenters. The summed E-state index contributed by atoms with van der Waals surface area (Å²) in [4.78, 5) is 179. The molecule has 8 atom stereocenters. The molecule has 0 spiro atoms. The lowest BCUT2D eigenvalue weighted by molar-refractivity contribution is -0.142. The van der Waals surface area contributed by atoms with Crippen molar-refractivity contribution in [3.05, 3.63) is 156 Å². The van der Waals surface area contributed by atoms with Crippen LogP contribution in [0, 0.1) is 5.92 Å². The number of carbonyl (C=O) groups is 13. The number of ether oxygens (including phenoxy) is 2. The molecule has 30 nitrogen and oxygen atoms in total. The summed E-state index contributed by atoms with van der Waals surface area (Å²) < 4.78 is 10.5. The molecule has 1 heterocycles. The molecular formula is C72H88N12O18. The Balaban J connectivity index is 1.32. The van der Waals surface area contributed by atoms with Gasteiger partial charge in [0.05, 0.1) is 12.5 Å². The van der Waals surface area contributed by atoms with Crippen LogP contribution in [0.5, 0.6) is 11.5 Å². The van der Waals surface area contributed by atoms with Gasteiger partial charge in [0, 0.05) is 55.7 Å². The molecule has 0 aliphatic rings. The van der Waals surface area contributed by atoms with Crippen molar-refractivity contribution in [1.82, 2.24) is 52.8 Å². The minimum absolute atomic E-state index is 0.00535. The zero-order valence-electron chi connectivity index (χ0n) is 56.9. The van der Waals surface area contributed by atoms with Crippen LogP contribution in [0.1, 0.15) is 88.5 Å². The van der Waals surface area contributed by atoms with Gasteiger partial charge in [-0.2, -0.15) is 0 Å². The molecule has 544 valence electrons. The number of urea groups is 1. The smallest absolute Gasteiger partial charge is 0.341 e. The van der Waals surface area contributed by atoms with Gasteiger partial charge >= 0.3 is 23.9 Å². The van der Waals surface area contributed by atoms with Gasteiger partial charge in [0.1, 0.15) is 53.8 Å². The number of H-pyrrole nitrogens is 1. The number of aromatic amines is 1. The molecule has 5 aromatic carbocycles. The minimum Gasteiger partial charge on any atom is -0.482 e. The Hall–Kier alpha value is -11.7. The zero-order valence-corrected chi connectivity index (χ0v) is 56.9. The van der Waals surface area contributed by atoms with Crippen LogP contribution in [0.25, 0.3) is 22.0 Å². The SMILES string of the molecule is CCC(=O)N[C@@H](Cc1ccc(OCC(=O)O)cc1)C(=O)N[C@@H](Cc1ccc(OCC(=O)O)cc1)C(=O)N[C@@H](CC(=O)O)C(=O)N[C@@H](Cc1c[nH]c2ccccc12)C(=O)N[C@H](C(=O)N[C@@H](Cc1ccc(-c2ccccc2)cc1)C(=O)N[C@@H](CCCNC(N)=O)C(=O)N[C@@H](CCCN)C(C)=O)C(C)C. The molecule has 0 fully saturated rings. The lowest BCUT2D eigenvalue weighted by atomic mass is 9.98. The number of carbonyl (C=O) groups excluding carboxylic acids is 10. The molecule has 17 N–H and O–H groups in total. The topological polar surface area (TPSA) is 477 Å². The van der Waals surface area contributed by atoms with Crippen LogP contribution in [0.2, 0.25) is 0 Å². The average Bonchev–Trinajstić information content (AvgIpc) is 1.59. The standard InChI is InChI=1S/C72H88N12O18/c1-5-60(86)77-55(33-44-21-27-49(28-22-44)101-39-62(89)90)66(94)80-56(35-45-23-29-50(30-24-45)102-40-63(91)92)68(96)82-59(37-61(87)88)69(97)81-58(36-48-38-76-53-16-10-9-15-51(48)53)70(98)84-64(41(2)3)71(99)83-57(34-43-19-25-47(26-20-43)46-13-7-6-8-14-46)67(95)79-54(18-12-32-75-72(74)100)65(93)78-52(42(4)85)17-11-31-73/h6-10,13-16,19-30,38,41,52,54-59,64,76H,5,11-12,17-18,31-37,39-40,73H2,1-4H3,(H,77,86)(H,78,93)(H,79,95)(H,80,94)(H,81,97)(H,82,96)(H,83,99)(H,84,98)(H,87,88)(H,89,90)(H,91,92)(H3,74,75,100)/t52-,54-,55-,56-,57-,58-,59-,64-/m0/s1. The molecule has 0 radical (unpaired) electrons. The number of rotatable bonds is 42. The monoisotopic (exact) mass is 1410 g/mol. The number of Topliss-reactive ketones (excluding diaryl/α,β-unsaturated/α-hetero) is 1. The van der Waals surface area contributed by atoms with Gasteiger partial charge in [-0.05, 0) is 109 Å². The van der Waals surface area contributed by atoms with Gasteiger partial charge in [-0.3, -0.25) is 47.9 Å². The summed E-state index contributed by atoms with van der Waals surface area (Å²) in [6.07, 6.45) is 0.0241. The van der Waals surface area contributed by atoms with E-state index in [-0.39, 0.29) is 81.7 Å². The van der Waals surface area contributed by atoms with Gasteiger partial charge in [-0.15, -0.1) is 0 Å². The second-order valence-electron chi connectivity index (χ2n) is 24.5. The largest absolute Gasteiger partial charge is 0.482 e. The number of aliphatic carboxylic acids is 3. The first-order valence-electron chi connectivity index (χ1n) is 33.1. The summed E-state index contributed by atoms with van der Waals surface area (Å²) in [6.45, 7) is 4.94. The van der Waals surface area contributed by atoms with Crippen molar-refractivity contribution in [1.29, 1.82) is 0 Å². The summed E-state index contributed by atoms with van der Waals surface area (Å²) in [5.74, 6) is -12.2. The molecule has 0 saturated carbocycles. The molecule has 6 rings (SSSR count). The first-order chi connectivity index (χ1) is 48.7. The van der Waals surface area contributed by atoms with E-state index >= 15 is 4.79 Å². The lowest BCUT2D eigenvalue weighted by Gasteiger charge is -2.29. The second-order valence-corrected chi connectivity index (χ2v) is 24.5. The van der Waals surface area contributed by atoms with Gasteiger partial charge in [-0.25, -0.2) is 14.4 Å². The molecule has 0 saturated heterocycles. The summed E-state index contributed by atoms with van der Waals surface area (Å²) in [7, 11) is 0. The van der Waals surface area contributed by atoms with Crippen molar-refractivity contribution in [3.63, 3.8) is 0 Å². The number of amides is 10. The Morgan fingerprint density at radius 1 is 0.471 bits per heavy atom. The van der Waals surface area contributed by atoms with Crippen LogP contribution in [0.15, 0.2) is 134 Å². The number of aromatic nitrogens is 1. The highest BCUT2D eigenvalue weighted by Crippen LogP contribution is 2.23. The van der Waals surface area contributed by atoms with Gasteiger partial charge in [-0.1, -0.05) is 118 Å². The van der Waals surface area contributed by atoms with Crippen LogP contribution in [-0.4, -0.2) is 172 Å². The molecule has 10 amide bonds. The van der Waals surface area contributed by atoms with Crippen molar-refractivity contribution in [2.24, 2.45) is 17.4 Å². The fourth-order valence-corrected chi connectivity index (χ4v) is 10.8. The third kappa shape index (κ3) is 25.9. The molecule has 6 aromatic rings. The van der Waals surface area contributed by atoms with Gasteiger partial charge in [0.2, 0.25) is 47.3 Å². The number of carboxylic acids is 3. The predicted molar refractivity (Wildman–Crippen MR) is 373 cm³/mol. The lowest BCUT2D eigenvalue weighted by Crippen LogP contribution is -2.61. The molecule has 0 aliphatic carbocycles. The maximum Gasteiger partial charge on any atom is 0.341 e. The third-order valence-electron chi connectivity index (χ3n) is 16.3. The number of para-hydroxylation sites is 1. The number of nitrogens with two attached hydrogens (primary N) is 2. The van der Waals surface area contributed by atoms with Crippen LogP contribution >= 0.6 is 0 Å². The maximum absolute atomic E-state index is 15.1. The number of hydrogen-bond donors (Lipinski definition) is 15. The molecule has 0 aliphatic heterocycles. The summed E-state index contributed by atoms with van der Waals surface area (Å²) in [5, 5.41) is 52.8. The third-order valence-corrected chi connectivity index (χ3v) is 16.3. The number of primary amides is 1. The van der Waals surface area contributed by atoms with Crippen molar-refractivity contribution in [2.45, 2.75) is 140 Å². The van der Waals surface area contributed by atoms with Gasteiger partial charge < -0.3 is 89.1 Å². The highest BCUT2D eigenvalue weighted by Gasteiger charge is 2.37. The Morgan fingerprint density at radius 2 is 0.902 bits per heavy atom. The van der Waals surface area contributed by atoms with E-state index in [9.17, 15) is 67.7 Å². The van der Waals surface area contributed by atoms with Crippen molar-refractivity contribution in [3.8, 4) is 22.6 Å². The Bertz CT molecular complexity index is 3890. The predicted octanol–water partition coefficient (Wildman–Crippen LogP) is 2.23. The highest BCUT2D eigenvalue weighted by atomic mass is 16.5. The van der Waals surface area contributed by atoms with Gasteiger partial charge in [0.15, 0.2) is 19.0 Å². The van der Waals surface area contributed by atoms with Gasteiger partial charge in [0.25, 0.3) is 0 Å². The van der Waals surface area contributed by atoms with E-state index in [1.54, 1.807) is 56.4 Å². The molecule has 1 aromatic heterocycles. The van der Waals surface area contributed by atoms with Crippen LogP contribution in [-0.2, 0) is 83.2 Å². The average molecular weight is 1410 g/mol. The zero-order chi connectivity index (χ0) is 74.4. The van der Waals surface area contributed by atoms with E-state index in [0.717, 1.165) is 11.1 Å². The Labute approximate surface area is 587 Å². The number of fused-ring (bicyclic) bond motifs is 1. The van der Waals surface area contributed by atoms with Crippen LogP contribution in [0.3, 0.4) is 0 Å². The minimum atomic E-state index is -1.99. The Kier molecular flexibility index (Phi) is 30.9. The van der Waals surface area contributed by atoms with E-state index in [0.29, 0.717) is 39.6 Å².